The second-order valence-corrected chi connectivity index (χ2v) is 3.71. The molecule has 0 aromatic heterocycles. The van der Waals surface area contributed by atoms with E-state index in [9.17, 15) is 18.3 Å². The zero-order chi connectivity index (χ0) is 13.5. The van der Waals surface area contributed by atoms with Gasteiger partial charge in [-0.1, -0.05) is 5.92 Å². The quantitative estimate of drug-likeness (QED) is 0.586. The summed E-state index contributed by atoms with van der Waals surface area (Å²) in [6, 6.07) is 1.81. The van der Waals surface area contributed by atoms with E-state index in [1.165, 1.54) is 0 Å². The van der Waals surface area contributed by atoms with Crippen LogP contribution in [0.5, 0.6) is 5.75 Å². The Balaban J connectivity index is 2.56. The molecule has 3 N–H and O–H groups in total. The normalized spacial score (nSPS) is 20.8. The first-order valence-corrected chi connectivity index (χ1v) is 4.91. The fourth-order valence-corrected chi connectivity index (χ4v) is 1.65. The summed E-state index contributed by atoms with van der Waals surface area (Å²) in [5, 5.41) is 9.46. The molecule has 7 heteroatoms. The Morgan fingerprint density at radius 2 is 2.22 bits per heavy atom. The maximum absolute atomic E-state index is 13.3. The lowest BCUT2D eigenvalue weighted by atomic mass is 10.2. The second-order valence-electron chi connectivity index (χ2n) is 3.71. The predicted molar refractivity (Wildman–Crippen MR) is 58.6 cm³/mol. The van der Waals surface area contributed by atoms with Gasteiger partial charge in [0, 0.05) is 6.07 Å². The molecule has 0 saturated heterocycles. The lowest BCUT2D eigenvalue weighted by Gasteiger charge is -2.38. The number of aliphatic hydroxyl groups is 1. The lowest BCUT2D eigenvalue weighted by Crippen LogP contribution is -2.54. The van der Waals surface area contributed by atoms with Crippen molar-refractivity contribution >= 4 is 11.4 Å². The van der Waals surface area contributed by atoms with E-state index < -0.39 is 23.9 Å². The highest BCUT2D eigenvalue weighted by Crippen LogP contribution is 2.42. The number of halogens is 3. The van der Waals surface area contributed by atoms with E-state index in [0.717, 1.165) is 17.0 Å². The minimum absolute atomic E-state index is 0.0188. The number of hydrogen-bond acceptors (Lipinski definition) is 4. The SMILES string of the molecule is C#CCN1c2cc(N)c(F)cc2OC(F)(F)C1O. The van der Waals surface area contributed by atoms with E-state index in [4.69, 9.17) is 12.2 Å². The van der Waals surface area contributed by atoms with Crippen LogP contribution in [-0.2, 0) is 0 Å². The van der Waals surface area contributed by atoms with E-state index in [2.05, 4.69) is 10.7 Å². The van der Waals surface area contributed by atoms with Crippen LogP contribution in [0.25, 0.3) is 0 Å². The van der Waals surface area contributed by atoms with Crippen LogP contribution in [0, 0.1) is 18.2 Å². The summed E-state index contributed by atoms with van der Waals surface area (Å²) in [7, 11) is 0. The van der Waals surface area contributed by atoms with Crippen LogP contribution < -0.4 is 15.4 Å². The number of benzene rings is 1. The van der Waals surface area contributed by atoms with Crippen molar-refractivity contribution in [1.29, 1.82) is 0 Å². The molecule has 0 fully saturated rings. The number of alkyl halides is 2. The van der Waals surface area contributed by atoms with Crippen molar-refractivity contribution in [3.05, 3.63) is 17.9 Å². The van der Waals surface area contributed by atoms with Gasteiger partial charge in [-0.05, 0) is 6.07 Å². The number of nitrogen functional groups attached to an aromatic ring is 1. The van der Waals surface area contributed by atoms with Crippen LogP contribution in [-0.4, -0.2) is 24.0 Å². The Morgan fingerprint density at radius 1 is 1.56 bits per heavy atom. The van der Waals surface area contributed by atoms with Gasteiger partial charge in [-0.15, -0.1) is 6.42 Å². The molecule has 0 aliphatic carbocycles. The summed E-state index contributed by atoms with van der Waals surface area (Å²) < 4.78 is 44.1. The highest BCUT2D eigenvalue weighted by Gasteiger charge is 2.50. The van der Waals surface area contributed by atoms with Crippen molar-refractivity contribution in [2.45, 2.75) is 12.3 Å². The van der Waals surface area contributed by atoms with Crippen molar-refractivity contribution in [3.8, 4) is 18.1 Å². The van der Waals surface area contributed by atoms with Gasteiger partial charge in [-0.3, -0.25) is 0 Å². The van der Waals surface area contributed by atoms with E-state index in [1.54, 1.807) is 0 Å². The van der Waals surface area contributed by atoms with Crippen molar-refractivity contribution < 1.29 is 23.0 Å². The Bertz CT molecular complexity index is 528. The van der Waals surface area contributed by atoms with Gasteiger partial charge in [-0.25, -0.2) is 4.39 Å². The summed E-state index contributed by atoms with van der Waals surface area (Å²) in [6.07, 6.45) is -1.10. The Morgan fingerprint density at radius 3 is 2.83 bits per heavy atom. The van der Waals surface area contributed by atoms with Crippen molar-refractivity contribution in [2.75, 3.05) is 17.2 Å². The predicted octanol–water partition coefficient (Wildman–Crippen LogP) is 1.15. The molecule has 0 radical (unpaired) electrons. The first-order chi connectivity index (χ1) is 8.36. The Kier molecular flexibility index (Phi) is 2.75. The number of ether oxygens (including phenoxy) is 1. The molecule has 0 bridgehead atoms. The molecule has 1 aromatic carbocycles. The van der Waals surface area contributed by atoms with Crippen LogP contribution >= 0.6 is 0 Å². The molecule has 96 valence electrons. The van der Waals surface area contributed by atoms with Crippen LogP contribution in [0.15, 0.2) is 12.1 Å². The van der Waals surface area contributed by atoms with E-state index >= 15 is 0 Å². The summed E-state index contributed by atoms with van der Waals surface area (Å²) >= 11 is 0. The molecule has 0 amide bonds. The van der Waals surface area contributed by atoms with Crippen LogP contribution in [0.3, 0.4) is 0 Å². The molecule has 1 aliphatic heterocycles. The first kappa shape index (κ1) is 12.4. The number of hydrogen-bond donors (Lipinski definition) is 2. The standard InChI is InChI=1S/C11H9F3N2O2/c1-2-3-16-8-5-7(15)6(12)4-9(8)18-11(13,14)10(16)17/h1,4-5,10,17H,3,15H2. The molecule has 1 heterocycles. The van der Waals surface area contributed by atoms with E-state index in [0.29, 0.717) is 0 Å². The molecule has 0 saturated carbocycles. The monoisotopic (exact) mass is 258 g/mol. The summed E-state index contributed by atoms with van der Waals surface area (Å²) in [4.78, 5) is 0.814. The molecule has 1 aromatic rings. The lowest BCUT2D eigenvalue weighted by molar-refractivity contribution is -0.244. The number of nitrogens with two attached hydrogens (primary N) is 1. The number of nitrogens with zero attached hydrogens (tertiary/aromatic N) is 1. The minimum atomic E-state index is -3.88. The highest BCUT2D eigenvalue weighted by atomic mass is 19.3. The van der Waals surface area contributed by atoms with Gasteiger partial charge in [0.2, 0.25) is 6.23 Å². The molecule has 1 atom stereocenters. The van der Waals surface area contributed by atoms with Crippen molar-refractivity contribution in [2.24, 2.45) is 0 Å². The smallest absolute Gasteiger partial charge is 0.427 e. The topological polar surface area (TPSA) is 58.7 Å². The van der Waals surface area contributed by atoms with Crippen LogP contribution in [0.2, 0.25) is 0 Å². The van der Waals surface area contributed by atoms with E-state index in [1.807, 2.05) is 0 Å². The fourth-order valence-electron chi connectivity index (χ4n) is 1.65. The zero-order valence-electron chi connectivity index (χ0n) is 9.03. The zero-order valence-corrected chi connectivity index (χ0v) is 9.03. The van der Waals surface area contributed by atoms with Gasteiger partial charge in [0.15, 0.2) is 5.75 Å². The maximum atomic E-state index is 13.3. The molecule has 1 aliphatic rings. The molecule has 18 heavy (non-hydrogen) atoms. The number of aliphatic hydroxyl groups excluding tert-OH is 1. The number of anilines is 2. The number of fused-ring (bicyclic) bond motifs is 1. The summed E-state index contributed by atoms with van der Waals surface area (Å²) in [5.41, 5.74) is 5.10. The number of rotatable bonds is 1. The minimum Gasteiger partial charge on any atom is -0.427 e. The van der Waals surface area contributed by atoms with Gasteiger partial charge in [0.25, 0.3) is 0 Å². The van der Waals surface area contributed by atoms with Crippen molar-refractivity contribution in [3.63, 3.8) is 0 Å². The second kappa shape index (κ2) is 3.99. The largest absolute Gasteiger partial charge is 0.444 e. The molecule has 4 nitrogen and oxygen atoms in total. The summed E-state index contributed by atoms with van der Waals surface area (Å²) in [5.74, 6) is 0.812. The third kappa shape index (κ3) is 1.80. The van der Waals surface area contributed by atoms with Gasteiger partial charge < -0.3 is 20.5 Å². The molecule has 2 rings (SSSR count). The molecular weight excluding hydrogens is 249 g/mol. The molecule has 1 unspecified atom stereocenters. The fraction of sp³-hybridized carbons (Fsp3) is 0.273. The van der Waals surface area contributed by atoms with Crippen molar-refractivity contribution in [1.82, 2.24) is 0 Å². The Labute approximate surface area is 101 Å². The van der Waals surface area contributed by atoms with Gasteiger partial charge >= 0.3 is 6.11 Å². The van der Waals surface area contributed by atoms with Crippen LogP contribution in [0.4, 0.5) is 24.5 Å². The van der Waals surface area contributed by atoms with E-state index in [-0.39, 0.29) is 17.9 Å². The van der Waals surface area contributed by atoms with Gasteiger partial charge in [0.05, 0.1) is 17.9 Å². The molecule has 0 spiro atoms. The molecular formula is C11H9F3N2O2. The third-order valence-corrected chi connectivity index (χ3v) is 2.49. The maximum Gasteiger partial charge on any atom is 0.444 e. The summed E-state index contributed by atoms with van der Waals surface area (Å²) in [6.45, 7) is -0.293. The average Bonchev–Trinajstić information content (AvgIpc) is 2.28. The first-order valence-electron chi connectivity index (χ1n) is 4.91. The number of terminal acetylenes is 1. The van der Waals surface area contributed by atoms with Gasteiger partial charge in [-0.2, -0.15) is 8.78 Å². The van der Waals surface area contributed by atoms with Gasteiger partial charge in [0.1, 0.15) is 5.82 Å². The third-order valence-electron chi connectivity index (χ3n) is 2.49. The average molecular weight is 258 g/mol. The highest BCUT2D eigenvalue weighted by molar-refractivity contribution is 5.67. The van der Waals surface area contributed by atoms with Crippen LogP contribution in [0.1, 0.15) is 0 Å². The Hall–Kier alpha value is -2.07.